The van der Waals surface area contributed by atoms with Crippen molar-refractivity contribution in [2.24, 2.45) is 5.92 Å². The molecule has 0 bridgehead atoms. The lowest BCUT2D eigenvalue weighted by Crippen LogP contribution is -2.37. The van der Waals surface area contributed by atoms with Gasteiger partial charge in [-0.1, -0.05) is 32.0 Å². The first-order valence-corrected chi connectivity index (χ1v) is 11.3. The molecule has 1 aliphatic rings. The number of amides is 2. The standard InChI is InChI=1S/C20H30N2O4S/c1-16(2)10-13-22-14-11-17(8-9-20(22)24)21-19(23)12-15-27(25,26)18-6-4-3-5-7-18/h3-7,16-17H,8-15H2,1-2H3,(H,21,23). The second kappa shape index (κ2) is 9.88. The first kappa shape index (κ1) is 21.4. The average Bonchev–Trinajstić information content (AvgIpc) is 2.81. The first-order chi connectivity index (χ1) is 12.8. The third-order valence-corrected chi connectivity index (χ3v) is 6.58. The molecule has 27 heavy (non-hydrogen) atoms. The predicted molar refractivity (Wildman–Crippen MR) is 105 cm³/mol. The van der Waals surface area contributed by atoms with Gasteiger partial charge in [-0.15, -0.1) is 0 Å². The van der Waals surface area contributed by atoms with Crippen LogP contribution in [0.15, 0.2) is 35.2 Å². The number of benzene rings is 1. The predicted octanol–water partition coefficient (Wildman–Crippen LogP) is 2.39. The molecule has 1 fully saturated rings. The Hall–Kier alpha value is -1.89. The molecule has 1 aliphatic heterocycles. The van der Waals surface area contributed by atoms with Crippen molar-refractivity contribution in [2.45, 2.75) is 56.9 Å². The maximum absolute atomic E-state index is 12.3. The van der Waals surface area contributed by atoms with Crippen molar-refractivity contribution < 1.29 is 18.0 Å². The lowest BCUT2D eigenvalue weighted by atomic mass is 10.1. The van der Waals surface area contributed by atoms with Crippen LogP contribution in [0, 0.1) is 5.92 Å². The smallest absolute Gasteiger partial charge is 0.222 e. The molecule has 1 N–H and O–H groups in total. The lowest BCUT2D eigenvalue weighted by Gasteiger charge is -2.22. The Kier molecular flexibility index (Phi) is 7.83. The van der Waals surface area contributed by atoms with Crippen molar-refractivity contribution in [2.75, 3.05) is 18.8 Å². The molecule has 2 rings (SSSR count). The van der Waals surface area contributed by atoms with Crippen LogP contribution in [0.4, 0.5) is 0 Å². The summed E-state index contributed by atoms with van der Waals surface area (Å²) in [4.78, 5) is 26.5. The molecule has 1 heterocycles. The number of hydrogen-bond donors (Lipinski definition) is 1. The van der Waals surface area contributed by atoms with Crippen LogP contribution in [0.25, 0.3) is 0 Å². The largest absolute Gasteiger partial charge is 0.353 e. The zero-order chi connectivity index (χ0) is 19.9. The monoisotopic (exact) mass is 394 g/mol. The topological polar surface area (TPSA) is 83.6 Å². The van der Waals surface area contributed by atoms with Crippen molar-refractivity contribution in [1.82, 2.24) is 10.2 Å². The summed E-state index contributed by atoms with van der Waals surface area (Å²) in [6.07, 6.45) is 2.64. The molecule has 1 unspecified atom stereocenters. The van der Waals surface area contributed by atoms with Gasteiger partial charge in [-0.2, -0.15) is 0 Å². The van der Waals surface area contributed by atoms with Crippen molar-refractivity contribution >= 4 is 21.7 Å². The molecule has 0 spiro atoms. The third-order valence-electron chi connectivity index (χ3n) is 4.85. The molecule has 0 saturated carbocycles. The van der Waals surface area contributed by atoms with Crippen LogP contribution >= 0.6 is 0 Å². The van der Waals surface area contributed by atoms with E-state index in [0.29, 0.717) is 31.7 Å². The third kappa shape index (κ3) is 6.97. The summed E-state index contributed by atoms with van der Waals surface area (Å²) in [5.74, 6) is 0.194. The van der Waals surface area contributed by atoms with E-state index in [1.807, 2.05) is 4.90 Å². The quantitative estimate of drug-likeness (QED) is 0.734. The van der Waals surface area contributed by atoms with E-state index in [9.17, 15) is 18.0 Å². The van der Waals surface area contributed by atoms with Crippen molar-refractivity contribution in [1.29, 1.82) is 0 Å². The van der Waals surface area contributed by atoms with E-state index in [4.69, 9.17) is 0 Å². The second-order valence-corrected chi connectivity index (χ2v) is 9.65. The maximum atomic E-state index is 12.3. The molecule has 6 nitrogen and oxygen atoms in total. The summed E-state index contributed by atoms with van der Waals surface area (Å²) in [5, 5.41) is 2.91. The first-order valence-electron chi connectivity index (χ1n) is 9.63. The number of likely N-dealkylation sites (tertiary alicyclic amines) is 1. The molecule has 0 radical (unpaired) electrons. The summed E-state index contributed by atoms with van der Waals surface area (Å²) < 4.78 is 24.5. The van der Waals surface area contributed by atoms with Gasteiger partial charge >= 0.3 is 0 Å². The summed E-state index contributed by atoms with van der Waals surface area (Å²) in [7, 11) is -3.46. The molecule has 1 aromatic carbocycles. The summed E-state index contributed by atoms with van der Waals surface area (Å²) >= 11 is 0. The van der Waals surface area contributed by atoms with Gasteiger partial charge in [-0.3, -0.25) is 9.59 Å². The minimum absolute atomic E-state index is 0.0707. The van der Waals surface area contributed by atoms with Crippen LogP contribution in [-0.2, 0) is 19.4 Å². The molecular formula is C20H30N2O4S. The lowest BCUT2D eigenvalue weighted by molar-refractivity contribution is -0.131. The highest BCUT2D eigenvalue weighted by molar-refractivity contribution is 7.91. The Bertz CT molecular complexity index is 732. The van der Waals surface area contributed by atoms with Crippen LogP contribution in [0.5, 0.6) is 0 Å². The van der Waals surface area contributed by atoms with Crippen LogP contribution in [-0.4, -0.2) is 50.0 Å². The van der Waals surface area contributed by atoms with E-state index in [0.717, 1.165) is 13.0 Å². The zero-order valence-corrected chi connectivity index (χ0v) is 17.0. The van der Waals surface area contributed by atoms with E-state index < -0.39 is 9.84 Å². The summed E-state index contributed by atoms with van der Waals surface area (Å²) in [5.41, 5.74) is 0. The number of carbonyl (C=O) groups excluding carboxylic acids is 2. The Balaban J connectivity index is 1.81. The van der Waals surface area contributed by atoms with Gasteiger partial charge in [0.15, 0.2) is 9.84 Å². The minimum atomic E-state index is -3.46. The molecule has 0 aromatic heterocycles. The van der Waals surface area contributed by atoms with Crippen molar-refractivity contribution in [3.63, 3.8) is 0 Å². The van der Waals surface area contributed by atoms with E-state index in [2.05, 4.69) is 19.2 Å². The summed E-state index contributed by atoms with van der Waals surface area (Å²) in [6, 6.07) is 8.08. The number of nitrogens with one attached hydrogen (secondary N) is 1. The Morgan fingerprint density at radius 2 is 1.93 bits per heavy atom. The highest BCUT2D eigenvalue weighted by Gasteiger charge is 2.24. The molecule has 2 amide bonds. The van der Waals surface area contributed by atoms with Crippen LogP contribution < -0.4 is 5.32 Å². The van der Waals surface area contributed by atoms with Crippen LogP contribution in [0.2, 0.25) is 0 Å². The summed E-state index contributed by atoms with van der Waals surface area (Å²) in [6.45, 7) is 5.66. The van der Waals surface area contributed by atoms with Gasteiger partial charge in [-0.25, -0.2) is 8.42 Å². The second-order valence-electron chi connectivity index (χ2n) is 7.54. The fourth-order valence-corrected chi connectivity index (χ4v) is 4.37. The number of sulfone groups is 1. The number of rotatable bonds is 8. The molecule has 0 aliphatic carbocycles. The average molecular weight is 395 g/mol. The molecule has 1 aromatic rings. The molecule has 1 atom stereocenters. The van der Waals surface area contributed by atoms with Crippen molar-refractivity contribution in [3.8, 4) is 0 Å². The van der Waals surface area contributed by atoms with Crippen LogP contribution in [0.3, 0.4) is 0 Å². The molecular weight excluding hydrogens is 364 g/mol. The highest BCUT2D eigenvalue weighted by Crippen LogP contribution is 2.15. The van der Waals surface area contributed by atoms with Crippen molar-refractivity contribution in [3.05, 3.63) is 30.3 Å². The van der Waals surface area contributed by atoms with E-state index >= 15 is 0 Å². The van der Waals surface area contributed by atoms with Gasteiger partial charge in [0.05, 0.1) is 10.6 Å². The van der Waals surface area contributed by atoms with Gasteiger partial charge in [0.25, 0.3) is 0 Å². The van der Waals surface area contributed by atoms with Crippen LogP contribution in [0.1, 0.15) is 46.0 Å². The SMILES string of the molecule is CC(C)CCN1CCC(NC(=O)CCS(=O)(=O)c2ccccc2)CCC1=O. The fourth-order valence-electron chi connectivity index (χ4n) is 3.10. The van der Waals surface area contributed by atoms with Gasteiger partial charge < -0.3 is 10.2 Å². The normalized spacial score (nSPS) is 18.4. The minimum Gasteiger partial charge on any atom is -0.353 e. The van der Waals surface area contributed by atoms with Gasteiger partial charge in [0.1, 0.15) is 0 Å². The zero-order valence-electron chi connectivity index (χ0n) is 16.2. The van der Waals surface area contributed by atoms with Gasteiger partial charge in [-0.05, 0) is 37.3 Å². The maximum Gasteiger partial charge on any atom is 0.222 e. The fraction of sp³-hybridized carbons (Fsp3) is 0.600. The Morgan fingerprint density at radius 3 is 2.59 bits per heavy atom. The van der Waals surface area contributed by atoms with E-state index in [1.165, 1.54) is 12.1 Å². The highest BCUT2D eigenvalue weighted by atomic mass is 32.2. The number of carbonyl (C=O) groups is 2. The number of hydrogen-bond acceptors (Lipinski definition) is 4. The van der Waals surface area contributed by atoms with Gasteiger partial charge in [0.2, 0.25) is 11.8 Å². The van der Waals surface area contributed by atoms with E-state index in [1.54, 1.807) is 18.2 Å². The molecule has 150 valence electrons. The Labute approximate surface area is 162 Å². The Morgan fingerprint density at radius 1 is 1.22 bits per heavy atom. The van der Waals surface area contributed by atoms with E-state index in [-0.39, 0.29) is 34.9 Å². The molecule has 1 saturated heterocycles. The number of nitrogens with zero attached hydrogens (tertiary/aromatic N) is 1. The van der Waals surface area contributed by atoms with Gasteiger partial charge in [0, 0.05) is 32.0 Å². The molecule has 7 heteroatoms.